The number of anilines is 2. The Hall–Kier alpha value is -3.35. The van der Waals surface area contributed by atoms with Gasteiger partial charge < -0.3 is 29.2 Å². The number of hydrogen-bond acceptors (Lipinski definition) is 8. The Labute approximate surface area is 225 Å². The van der Waals surface area contributed by atoms with Crippen molar-refractivity contribution in [3.8, 4) is 18.4 Å². The van der Waals surface area contributed by atoms with E-state index in [1.807, 2.05) is 0 Å². The highest BCUT2D eigenvalue weighted by atomic mass is 16.5. The molecule has 0 N–H and O–H groups in total. The van der Waals surface area contributed by atoms with Crippen molar-refractivity contribution in [3.63, 3.8) is 0 Å². The predicted octanol–water partition coefficient (Wildman–Crippen LogP) is 1.74. The van der Waals surface area contributed by atoms with Gasteiger partial charge in [0.2, 0.25) is 0 Å². The molecule has 1 amide bonds. The molecule has 9 heteroatoms. The molecule has 0 radical (unpaired) electrons. The number of carbonyl (C=O) groups is 1. The molecule has 6 rings (SSSR count). The Morgan fingerprint density at radius 2 is 1.87 bits per heavy atom. The van der Waals surface area contributed by atoms with Crippen molar-refractivity contribution >= 4 is 17.4 Å². The van der Waals surface area contributed by atoms with Crippen LogP contribution in [0, 0.1) is 12.3 Å². The molecule has 200 valence electrons. The molecule has 1 atom stereocenters. The summed E-state index contributed by atoms with van der Waals surface area (Å²) < 4.78 is 6.23. The summed E-state index contributed by atoms with van der Waals surface area (Å²) >= 11 is 0. The Morgan fingerprint density at radius 3 is 2.63 bits per heavy atom. The zero-order valence-electron chi connectivity index (χ0n) is 22.5. The first kappa shape index (κ1) is 25.0. The monoisotopic (exact) mass is 515 g/mol. The van der Waals surface area contributed by atoms with Crippen molar-refractivity contribution in [2.75, 3.05) is 69.8 Å². The third kappa shape index (κ3) is 4.79. The summed E-state index contributed by atoms with van der Waals surface area (Å²) in [5.74, 6) is 2.94. The second-order valence-corrected chi connectivity index (χ2v) is 11.0. The maximum absolute atomic E-state index is 12.0. The van der Waals surface area contributed by atoms with Crippen molar-refractivity contribution in [3.05, 3.63) is 40.6 Å². The fraction of sp³-hybridized carbons (Fsp3) is 0.552. The first-order chi connectivity index (χ1) is 18.5. The van der Waals surface area contributed by atoms with Crippen LogP contribution in [0.1, 0.15) is 35.2 Å². The maximum atomic E-state index is 12.0. The minimum atomic E-state index is -0.243. The van der Waals surface area contributed by atoms with Gasteiger partial charge in [0.25, 0.3) is 5.91 Å². The number of amides is 1. The minimum Gasteiger partial charge on any atom is -0.462 e. The van der Waals surface area contributed by atoms with E-state index in [1.54, 1.807) is 4.90 Å². The van der Waals surface area contributed by atoms with Crippen LogP contribution in [0.3, 0.4) is 0 Å². The molecule has 5 heterocycles. The second-order valence-electron chi connectivity index (χ2n) is 11.0. The minimum absolute atomic E-state index is 0.243. The molecule has 2 fully saturated rings. The van der Waals surface area contributed by atoms with Crippen LogP contribution < -0.4 is 14.5 Å². The van der Waals surface area contributed by atoms with Crippen molar-refractivity contribution < 1.29 is 9.53 Å². The van der Waals surface area contributed by atoms with Crippen LogP contribution >= 0.6 is 0 Å². The second kappa shape index (κ2) is 10.4. The Kier molecular flexibility index (Phi) is 6.85. The fourth-order valence-corrected chi connectivity index (χ4v) is 6.28. The highest BCUT2D eigenvalue weighted by molar-refractivity contribution is 5.93. The van der Waals surface area contributed by atoms with Gasteiger partial charge in [0.05, 0.1) is 12.2 Å². The smallest absolute Gasteiger partial charge is 0.318 e. The number of nitrogens with zero attached hydrogens (tertiary/aromatic N) is 7. The molecule has 9 nitrogen and oxygen atoms in total. The topological polar surface area (TPSA) is 68.3 Å². The number of ether oxygens (including phenoxy) is 1. The van der Waals surface area contributed by atoms with Gasteiger partial charge in [-0.15, -0.1) is 6.42 Å². The molecular formula is C29H37N7O2. The van der Waals surface area contributed by atoms with Crippen LogP contribution in [0.4, 0.5) is 11.5 Å². The molecule has 4 aliphatic heterocycles. The Morgan fingerprint density at radius 1 is 1.03 bits per heavy atom. The van der Waals surface area contributed by atoms with E-state index in [9.17, 15) is 4.79 Å². The van der Waals surface area contributed by atoms with Crippen molar-refractivity contribution in [2.24, 2.45) is 0 Å². The quantitative estimate of drug-likeness (QED) is 0.558. The lowest BCUT2D eigenvalue weighted by atomic mass is 9.98. The standard InChI is InChI=1S/C29H37N7O2/c1-4-27(37)34-13-15-35(16-14-34)28-24-18-36(26-9-5-7-21-10-12-32(2)17-23(21)26)19-25(24)30-29(31-28)38-20-22-8-6-11-33(22)3/h1,5,7,9,22H,6,8,10-20H2,2-3H3/t22-/m0/s1. The van der Waals surface area contributed by atoms with E-state index >= 15 is 0 Å². The van der Waals surface area contributed by atoms with Crippen LogP contribution in [0.2, 0.25) is 0 Å². The fourth-order valence-electron chi connectivity index (χ4n) is 6.28. The van der Waals surface area contributed by atoms with Crippen LogP contribution in [0.25, 0.3) is 0 Å². The zero-order chi connectivity index (χ0) is 26.2. The van der Waals surface area contributed by atoms with Gasteiger partial charge in [-0.05, 0) is 63.0 Å². The SMILES string of the molecule is C#CC(=O)N1CCN(c2nc(OC[C@@H]3CCCN3C)nc3c2CN(c2cccc4c2CN(C)CC4)C3)CC1. The third-order valence-corrected chi connectivity index (χ3v) is 8.59. The number of fused-ring (bicyclic) bond motifs is 2. The van der Waals surface area contributed by atoms with Gasteiger partial charge in [-0.1, -0.05) is 12.1 Å². The van der Waals surface area contributed by atoms with Crippen molar-refractivity contribution in [2.45, 2.75) is 44.9 Å². The van der Waals surface area contributed by atoms with Gasteiger partial charge in [0, 0.05) is 63.1 Å². The van der Waals surface area contributed by atoms with Gasteiger partial charge in [-0.25, -0.2) is 0 Å². The van der Waals surface area contributed by atoms with Crippen LogP contribution in [0.5, 0.6) is 6.01 Å². The number of aromatic nitrogens is 2. The number of hydrogen-bond donors (Lipinski definition) is 0. The first-order valence-corrected chi connectivity index (χ1v) is 13.8. The molecule has 0 aliphatic carbocycles. The van der Waals surface area contributed by atoms with Gasteiger partial charge in [-0.3, -0.25) is 4.79 Å². The molecule has 38 heavy (non-hydrogen) atoms. The molecule has 2 saturated heterocycles. The summed E-state index contributed by atoms with van der Waals surface area (Å²) in [7, 11) is 4.35. The highest BCUT2D eigenvalue weighted by Crippen LogP contribution is 2.37. The maximum Gasteiger partial charge on any atom is 0.318 e. The van der Waals surface area contributed by atoms with Gasteiger partial charge >= 0.3 is 6.01 Å². The summed E-state index contributed by atoms with van der Waals surface area (Å²) in [4.78, 5) is 33.1. The molecular weight excluding hydrogens is 478 g/mol. The van der Waals surface area contributed by atoms with E-state index < -0.39 is 0 Å². The molecule has 0 spiro atoms. The summed E-state index contributed by atoms with van der Waals surface area (Å²) in [5.41, 5.74) is 6.35. The molecule has 2 aromatic rings. The van der Waals surface area contributed by atoms with E-state index in [2.05, 4.69) is 57.8 Å². The van der Waals surface area contributed by atoms with Gasteiger partial charge in [0.1, 0.15) is 12.4 Å². The Bertz CT molecular complexity index is 1250. The molecule has 0 saturated carbocycles. The van der Waals surface area contributed by atoms with E-state index in [0.29, 0.717) is 44.8 Å². The van der Waals surface area contributed by atoms with E-state index in [4.69, 9.17) is 21.1 Å². The summed E-state index contributed by atoms with van der Waals surface area (Å²) in [6, 6.07) is 7.55. The largest absolute Gasteiger partial charge is 0.462 e. The third-order valence-electron chi connectivity index (χ3n) is 8.59. The highest BCUT2D eigenvalue weighted by Gasteiger charge is 2.32. The van der Waals surface area contributed by atoms with Crippen LogP contribution in [-0.4, -0.2) is 96.6 Å². The molecule has 1 aromatic heterocycles. The number of rotatable bonds is 5. The summed E-state index contributed by atoms with van der Waals surface area (Å²) in [5, 5.41) is 0. The van der Waals surface area contributed by atoms with Crippen LogP contribution in [0.15, 0.2) is 18.2 Å². The average molecular weight is 516 g/mol. The number of carbonyl (C=O) groups excluding carboxylic acids is 1. The summed E-state index contributed by atoms with van der Waals surface area (Å²) in [6.07, 6.45) is 8.78. The molecule has 0 unspecified atom stereocenters. The number of terminal acetylenes is 1. The Balaban J connectivity index is 1.28. The average Bonchev–Trinajstić information content (AvgIpc) is 3.56. The first-order valence-electron chi connectivity index (χ1n) is 13.8. The van der Waals surface area contributed by atoms with Crippen molar-refractivity contribution in [1.29, 1.82) is 0 Å². The lowest BCUT2D eigenvalue weighted by Crippen LogP contribution is -2.49. The summed E-state index contributed by atoms with van der Waals surface area (Å²) in [6.45, 7) is 7.82. The van der Waals surface area contributed by atoms with E-state index in [1.165, 1.54) is 23.2 Å². The molecule has 1 aromatic carbocycles. The van der Waals surface area contributed by atoms with Gasteiger partial charge in [-0.2, -0.15) is 9.97 Å². The zero-order valence-corrected chi connectivity index (χ0v) is 22.5. The number of piperazine rings is 1. The van der Waals surface area contributed by atoms with Gasteiger partial charge in [0.15, 0.2) is 0 Å². The lowest BCUT2D eigenvalue weighted by molar-refractivity contribution is -0.125. The molecule has 4 aliphatic rings. The molecule has 0 bridgehead atoms. The number of likely N-dealkylation sites (tertiary alicyclic amines) is 1. The van der Waals surface area contributed by atoms with E-state index in [-0.39, 0.29) is 5.91 Å². The number of likely N-dealkylation sites (N-methyl/N-ethyl adjacent to an activating group) is 2. The van der Waals surface area contributed by atoms with Crippen molar-refractivity contribution in [1.82, 2.24) is 24.7 Å². The normalized spacial score (nSPS) is 21.8. The lowest BCUT2D eigenvalue weighted by Gasteiger charge is -2.35. The predicted molar refractivity (Wildman–Crippen MR) is 147 cm³/mol. The number of benzene rings is 1. The van der Waals surface area contributed by atoms with Crippen LogP contribution in [-0.2, 0) is 30.8 Å². The van der Waals surface area contributed by atoms with E-state index in [0.717, 1.165) is 62.6 Å².